The predicted molar refractivity (Wildman–Crippen MR) is 78.5 cm³/mol. The van der Waals surface area contributed by atoms with E-state index in [2.05, 4.69) is 31.9 Å². The van der Waals surface area contributed by atoms with Crippen LogP contribution < -0.4 is 0 Å². The van der Waals surface area contributed by atoms with Crippen molar-refractivity contribution in [3.63, 3.8) is 0 Å². The standard InChI is InChI=1S/C12H7Br2ClF2S/c1-5-2-3-7(16)9(11(5)17)10(15)8-4-6(13)12(14)18-8/h2-4,10H,1H3. The first-order valence-corrected chi connectivity index (χ1v) is 7.79. The SMILES string of the molecule is Cc1ccc(F)c(C(Cl)c2cc(Br)c(Br)s2)c1F. The lowest BCUT2D eigenvalue weighted by Gasteiger charge is -2.11. The van der Waals surface area contributed by atoms with Crippen LogP contribution in [0.1, 0.15) is 21.4 Å². The lowest BCUT2D eigenvalue weighted by molar-refractivity contribution is 0.554. The van der Waals surface area contributed by atoms with Gasteiger partial charge in [-0.2, -0.15) is 0 Å². The average Bonchev–Trinajstić information content (AvgIpc) is 2.65. The summed E-state index contributed by atoms with van der Waals surface area (Å²) in [7, 11) is 0. The van der Waals surface area contributed by atoms with Gasteiger partial charge >= 0.3 is 0 Å². The Morgan fingerprint density at radius 2 is 1.94 bits per heavy atom. The summed E-state index contributed by atoms with van der Waals surface area (Å²) in [6, 6.07) is 4.40. The van der Waals surface area contributed by atoms with Gasteiger partial charge < -0.3 is 0 Å². The molecule has 0 saturated heterocycles. The number of hydrogen-bond donors (Lipinski definition) is 0. The Kier molecular flexibility index (Phi) is 4.47. The second kappa shape index (κ2) is 5.57. The van der Waals surface area contributed by atoms with Crippen molar-refractivity contribution in [2.75, 3.05) is 0 Å². The van der Waals surface area contributed by atoms with Gasteiger partial charge in [0.05, 0.1) is 9.16 Å². The zero-order chi connectivity index (χ0) is 13.4. The van der Waals surface area contributed by atoms with Crippen molar-refractivity contribution >= 4 is 54.8 Å². The fraction of sp³-hybridized carbons (Fsp3) is 0.167. The number of benzene rings is 1. The highest BCUT2D eigenvalue weighted by molar-refractivity contribution is 9.13. The molecule has 18 heavy (non-hydrogen) atoms. The summed E-state index contributed by atoms with van der Waals surface area (Å²) in [5, 5.41) is -0.836. The minimum absolute atomic E-state index is 0.0992. The van der Waals surface area contributed by atoms with Gasteiger partial charge in [0.25, 0.3) is 0 Å². The number of alkyl halides is 1. The molecule has 0 aliphatic heterocycles. The Morgan fingerprint density at radius 3 is 2.50 bits per heavy atom. The van der Waals surface area contributed by atoms with Crippen LogP contribution in [0.3, 0.4) is 0 Å². The van der Waals surface area contributed by atoms with Crippen LogP contribution in [0.5, 0.6) is 0 Å². The van der Waals surface area contributed by atoms with Gasteiger partial charge in [0, 0.05) is 14.9 Å². The zero-order valence-corrected chi connectivity index (χ0v) is 13.9. The highest BCUT2D eigenvalue weighted by Crippen LogP contribution is 2.42. The fourth-order valence-electron chi connectivity index (χ4n) is 1.54. The Hall–Kier alpha value is 0.0300. The second-order valence-corrected chi connectivity index (χ2v) is 7.42. The number of rotatable bonds is 2. The molecule has 0 nitrogen and oxygen atoms in total. The molecular formula is C12H7Br2ClF2S. The molecule has 1 aromatic heterocycles. The molecule has 0 aliphatic carbocycles. The lowest BCUT2D eigenvalue weighted by Crippen LogP contribution is -2.01. The summed E-state index contributed by atoms with van der Waals surface area (Å²) in [6.07, 6.45) is 0. The van der Waals surface area contributed by atoms with Crippen molar-refractivity contribution in [2.24, 2.45) is 0 Å². The van der Waals surface area contributed by atoms with Gasteiger partial charge in [0.1, 0.15) is 11.6 Å². The normalized spacial score (nSPS) is 12.8. The molecule has 0 bridgehead atoms. The van der Waals surface area contributed by atoms with E-state index in [1.165, 1.54) is 23.5 Å². The molecule has 2 aromatic rings. The monoisotopic (exact) mass is 414 g/mol. The Bertz CT molecular complexity index is 579. The van der Waals surface area contributed by atoms with Crippen LogP contribution in [-0.4, -0.2) is 0 Å². The highest BCUT2D eigenvalue weighted by Gasteiger charge is 2.23. The number of halogens is 5. The summed E-state index contributed by atoms with van der Waals surface area (Å²) in [4.78, 5) is 0.679. The van der Waals surface area contributed by atoms with Gasteiger partial charge in [-0.15, -0.1) is 22.9 Å². The maximum atomic E-state index is 14.0. The van der Waals surface area contributed by atoms with E-state index in [-0.39, 0.29) is 5.56 Å². The minimum Gasteiger partial charge on any atom is -0.207 e. The number of aryl methyl sites for hydroxylation is 1. The van der Waals surface area contributed by atoms with Gasteiger partial charge in [0.15, 0.2) is 0 Å². The summed E-state index contributed by atoms with van der Waals surface area (Å²) < 4.78 is 29.4. The molecule has 0 spiro atoms. The van der Waals surface area contributed by atoms with Crippen LogP contribution in [0.4, 0.5) is 8.78 Å². The molecule has 0 aliphatic rings. The minimum atomic E-state index is -0.836. The van der Waals surface area contributed by atoms with Crippen LogP contribution in [0.2, 0.25) is 0 Å². The van der Waals surface area contributed by atoms with Gasteiger partial charge in [-0.1, -0.05) is 6.07 Å². The van der Waals surface area contributed by atoms with E-state index in [4.69, 9.17) is 11.6 Å². The highest BCUT2D eigenvalue weighted by atomic mass is 79.9. The number of hydrogen-bond acceptors (Lipinski definition) is 1. The summed E-state index contributed by atoms with van der Waals surface area (Å²) in [5.74, 6) is -1.21. The van der Waals surface area contributed by atoms with Crippen LogP contribution in [0.25, 0.3) is 0 Å². The molecule has 1 unspecified atom stereocenters. The maximum Gasteiger partial charge on any atom is 0.134 e. The largest absolute Gasteiger partial charge is 0.207 e. The molecule has 0 N–H and O–H groups in total. The summed E-state index contributed by atoms with van der Waals surface area (Å²) >= 11 is 14.2. The number of thiophene rings is 1. The maximum absolute atomic E-state index is 14.0. The molecule has 6 heteroatoms. The molecule has 0 radical (unpaired) electrons. The van der Waals surface area contributed by atoms with E-state index in [1.807, 2.05) is 0 Å². The predicted octanol–water partition coefficient (Wildman–Crippen LogP) is 6.19. The molecule has 0 amide bonds. The van der Waals surface area contributed by atoms with Crippen molar-refractivity contribution in [1.29, 1.82) is 0 Å². The molecule has 2 rings (SSSR count). The topological polar surface area (TPSA) is 0 Å². The van der Waals surface area contributed by atoms with Crippen LogP contribution in [-0.2, 0) is 0 Å². The third-order valence-corrected chi connectivity index (χ3v) is 6.39. The van der Waals surface area contributed by atoms with Crippen molar-refractivity contribution < 1.29 is 8.78 Å². The molecule has 96 valence electrons. The quantitative estimate of drug-likeness (QED) is 0.512. The van der Waals surface area contributed by atoms with Crippen LogP contribution >= 0.6 is 54.8 Å². The average molecular weight is 417 g/mol. The van der Waals surface area contributed by atoms with E-state index in [0.717, 1.165) is 8.26 Å². The van der Waals surface area contributed by atoms with Crippen molar-refractivity contribution in [3.8, 4) is 0 Å². The van der Waals surface area contributed by atoms with Gasteiger partial charge in [-0.25, -0.2) is 8.78 Å². The van der Waals surface area contributed by atoms with E-state index in [9.17, 15) is 8.78 Å². The smallest absolute Gasteiger partial charge is 0.134 e. The Morgan fingerprint density at radius 1 is 1.28 bits per heavy atom. The first-order valence-electron chi connectivity index (χ1n) is 4.95. The summed E-state index contributed by atoms with van der Waals surface area (Å²) in [6.45, 7) is 1.59. The molecule has 1 atom stereocenters. The molecule has 0 saturated carbocycles. The van der Waals surface area contributed by atoms with Crippen molar-refractivity contribution in [3.05, 3.63) is 54.1 Å². The third kappa shape index (κ3) is 2.64. The molecule has 0 fully saturated rings. The molecular weight excluding hydrogens is 409 g/mol. The third-order valence-electron chi connectivity index (χ3n) is 2.49. The summed E-state index contributed by atoms with van der Waals surface area (Å²) in [5.41, 5.74) is 0.282. The van der Waals surface area contributed by atoms with Crippen LogP contribution in [0.15, 0.2) is 26.5 Å². The first-order chi connectivity index (χ1) is 8.41. The zero-order valence-electron chi connectivity index (χ0n) is 9.11. The van der Waals surface area contributed by atoms with Crippen molar-refractivity contribution in [1.82, 2.24) is 0 Å². The molecule has 1 aromatic carbocycles. The van der Waals surface area contributed by atoms with Gasteiger partial charge in [0.2, 0.25) is 0 Å². The van der Waals surface area contributed by atoms with Gasteiger partial charge in [-0.05, 0) is 56.5 Å². The van der Waals surface area contributed by atoms with E-state index >= 15 is 0 Å². The van der Waals surface area contributed by atoms with Gasteiger partial charge in [-0.3, -0.25) is 0 Å². The lowest BCUT2D eigenvalue weighted by atomic mass is 10.1. The fourth-order valence-corrected chi connectivity index (χ4v) is 4.02. The van der Waals surface area contributed by atoms with E-state index in [1.54, 1.807) is 13.0 Å². The Labute approximate surface area is 129 Å². The van der Waals surface area contributed by atoms with Crippen LogP contribution in [0, 0.1) is 18.6 Å². The van der Waals surface area contributed by atoms with E-state index in [0.29, 0.717) is 10.4 Å². The Balaban J connectivity index is 2.52. The second-order valence-electron chi connectivity index (χ2n) is 3.72. The first kappa shape index (κ1) is 14.4. The molecule has 1 heterocycles. The van der Waals surface area contributed by atoms with E-state index < -0.39 is 17.0 Å². The van der Waals surface area contributed by atoms with Crippen molar-refractivity contribution in [2.45, 2.75) is 12.3 Å².